The van der Waals surface area contributed by atoms with Gasteiger partial charge in [-0.15, -0.1) is 11.6 Å². The van der Waals surface area contributed by atoms with Crippen LogP contribution in [0.1, 0.15) is 12.8 Å². The number of hydrogen-bond acceptors (Lipinski definition) is 2. The number of rotatable bonds is 6. The minimum absolute atomic E-state index is 0.340. The molecule has 3 heteroatoms. The molecule has 1 N–H and O–H groups in total. The molecule has 1 unspecified atom stereocenters. The van der Waals surface area contributed by atoms with Crippen molar-refractivity contribution < 1.29 is 4.74 Å². The fraction of sp³-hybridized carbons (Fsp3) is 1.00. The Bertz CT molecular complexity index is 106. The fourth-order valence-corrected chi connectivity index (χ4v) is 1.40. The Balaban J connectivity index is 1.85. The maximum Gasteiger partial charge on any atom is 0.0587 e. The van der Waals surface area contributed by atoms with E-state index >= 15 is 0 Å². The number of halogens is 1. The van der Waals surface area contributed by atoms with Crippen molar-refractivity contribution in [3.63, 3.8) is 0 Å². The minimum atomic E-state index is 0.340. The predicted molar refractivity (Wildman–Crippen MR) is 47.1 cm³/mol. The molecule has 1 rings (SSSR count). The van der Waals surface area contributed by atoms with E-state index in [1.165, 1.54) is 12.8 Å². The van der Waals surface area contributed by atoms with Crippen molar-refractivity contribution >= 4 is 11.6 Å². The minimum Gasteiger partial charge on any atom is -0.383 e. The van der Waals surface area contributed by atoms with E-state index in [-0.39, 0.29) is 0 Å². The standard InChI is InChI=1S/C8H16ClNO/c1-11-5-4-10-6-8(9)7-2-3-7/h7-8,10H,2-6H2,1H3. The van der Waals surface area contributed by atoms with Gasteiger partial charge in [0.1, 0.15) is 0 Å². The van der Waals surface area contributed by atoms with Crippen molar-refractivity contribution in [3.8, 4) is 0 Å². The molecule has 0 bridgehead atoms. The Kier molecular flexibility index (Phi) is 4.20. The summed E-state index contributed by atoms with van der Waals surface area (Å²) >= 11 is 6.05. The average Bonchev–Trinajstić information content (AvgIpc) is 2.79. The highest BCUT2D eigenvalue weighted by Crippen LogP contribution is 2.35. The van der Waals surface area contributed by atoms with Crippen LogP contribution in [-0.4, -0.2) is 32.2 Å². The van der Waals surface area contributed by atoms with E-state index in [1.807, 2.05) is 0 Å². The van der Waals surface area contributed by atoms with Crippen LogP contribution in [0, 0.1) is 5.92 Å². The van der Waals surface area contributed by atoms with Crippen molar-refractivity contribution in [2.24, 2.45) is 5.92 Å². The zero-order valence-electron chi connectivity index (χ0n) is 6.98. The highest BCUT2D eigenvalue weighted by atomic mass is 35.5. The van der Waals surface area contributed by atoms with E-state index in [2.05, 4.69) is 5.32 Å². The summed E-state index contributed by atoms with van der Waals surface area (Å²) in [6.07, 6.45) is 2.64. The number of methoxy groups -OCH3 is 1. The first-order chi connectivity index (χ1) is 5.34. The fourth-order valence-electron chi connectivity index (χ4n) is 1.04. The summed E-state index contributed by atoms with van der Waals surface area (Å²) in [4.78, 5) is 0. The van der Waals surface area contributed by atoms with Crippen LogP contribution in [0.4, 0.5) is 0 Å². The molecule has 1 aliphatic carbocycles. The lowest BCUT2D eigenvalue weighted by atomic mass is 10.3. The van der Waals surface area contributed by atoms with Crippen molar-refractivity contribution in [3.05, 3.63) is 0 Å². The van der Waals surface area contributed by atoms with Gasteiger partial charge >= 0.3 is 0 Å². The van der Waals surface area contributed by atoms with Gasteiger partial charge in [0.05, 0.1) is 6.61 Å². The van der Waals surface area contributed by atoms with Crippen molar-refractivity contribution in [2.75, 3.05) is 26.8 Å². The van der Waals surface area contributed by atoms with Crippen LogP contribution in [0.15, 0.2) is 0 Å². The molecule has 0 aliphatic heterocycles. The lowest BCUT2D eigenvalue weighted by Crippen LogP contribution is -2.27. The summed E-state index contributed by atoms with van der Waals surface area (Å²) in [5, 5.41) is 3.59. The van der Waals surface area contributed by atoms with Crippen LogP contribution in [0.25, 0.3) is 0 Å². The largest absolute Gasteiger partial charge is 0.383 e. The molecule has 0 aromatic heterocycles. The van der Waals surface area contributed by atoms with E-state index in [9.17, 15) is 0 Å². The zero-order chi connectivity index (χ0) is 8.10. The summed E-state index contributed by atoms with van der Waals surface area (Å²) in [5.74, 6) is 0.784. The quantitative estimate of drug-likeness (QED) is 0.487. The molecular weight excluding hydrogens is 162 g/mol. The van der Waals surface area contributed by atoms with Gasteiger partial charge in [0.25, 0.3) is 0 Å². The first-order valence-corrected chi connectivity index (χ1v) is 4.62. The molecule has 0 saturated heterocycles. The molecule has 0 aromatic rings. The maximum absolute atomic E-state index is 6.05. The second kappa shape index (κ2) is 4.96. The maximum atomic E-state index is 6.05. The lowest BCUT2D eigenvalue weighted by molar-refractivity contribution is 0.199. The van der Waals surface area contributed by atoms with Gasteiger partial charge in [-0.3, -0.25) is 0 Å². The van der Waals surface area contributed by atoms with E-state index < -0.39 is 0 Å². The normalized spacial score (nSPS) is 20.2. The molecule has 1 saturated carbocycles. The van der Waals surface area contributed by atoms with Crippen molar-refractivity contribution in [2.45, 2.75) is 18.2 Å². The third-order valence-corrected chi connectivity index (χ3v) is 2.47. The van der Waals surface area contributed by atoms with Gasteiger partial charge in [-0.2, -0.15) is 0 Å². The Morgan fingerprint density at radius 1 is 1.64 bits per heavy atom. The molecule has 0 radical (unpaired) electrons. The van der Waals surface area contributed by atoms with Crippen LogP contribution in [0.2, 0.25) is 0 Å². The van der Waals surface area contributed by atoms with Crippen LogP contribution in [0.5, 0.6) is 0 Å². The molecule has 2 nitrogen and oxygen atoms in total. The average molecular weight is 178 g/mol. The molecule has 0 amide bonds. The Morgan fingerprint density at radius 3 is 2.91 bits per heavy atom. The zero-order valence-corrected chi connectivity index (χ0v) is 7.73. The highest BCUT2D eigenvalue weighted by molar-refractivity contribution is 6.21. The van der Waals surface area contributed by atoms with Crippen LogP contribution < -0.4 is 5.32 Å². The Labute approximate surface area is 73.3 Å². The third-order valence-electron chi connectivity index (χ3n) is 1.96. The highest BCUT2D eigenvalue weighted by Gasteiger charge is 2.28. The molecular formula is C8H16ClNO. The Hall–Kier alpha value is 0.210. The molecule has 11 heavy (non-hydrogen) atoms. The summed E-state index contributed by atoms with van der Waals surface area (Å²) in [6, 6.07) is 0. The van der Waals surface area contributed by atoms with E-state index in [4.69, 9.17) is 16.3 Å². The first-order valence-electron chi connectivity index (χ1n) is 4.18. The predicted octanol–water partition coefficient (Wildman–Crippen LogP) is 1.24. The molecule has 66 valence electrons. The number of ether oxygens (including phenoxy) is 1. The van der Waals surface area contributed by atoms with Gasteiger partial charge in [0.2, 0.25) is 0 Å². The van der Waals surface area contributed by atoms with Crippen molar-refractivity contribution in [1.82, 2.24) is 5.32 Å². The summed E-state index contributed by atoms with van der Waals surface area (Å²) < 4.78 is 4.89. The molecule has 1 atom stereocenters. The molecule has 1 aliphatic rings. The molecule has 0 aromatic carbocycles. The first kappa shape index (κ1) is 9.30. The van der Waals surface area contributed by atoms with Crippen LogP contribution in [0.3, 0.4) is 0 Å². The summed E-state index contributed by atoms with van der Waals surface area (Å²) in [6.45, 7) is 2.61. The van der Waals surface area contributed by atoms with Gasteiger partial charge in [0, 0.05) is 25.6 Å². The van der Waals surface area contributed by atoms with Gasteiger partial charge in [0.15, 0.2) is 0 Å². The van der Waals surface area contributed by atoms with E-state index in [1.54, 1.807) is 7.11 Å². The molecule has 0 heterocycles. The summed E-state index contributed by atoms with van der Waals surface area (Å²) in [5.41, 5.74) is 0. The smallest absolute Gasteiger partial charge is 0.0587 e. The van der Waals surface area contributed by atoms with Gasteiger partial charge in [-0.05, 0) is 18.8 Å². The van der Waals surface area contributed by atoms with Crippen LogP contribution in [-0.2, 0) is 4.74 Å². The van der Waals surface area contributed by atoms with Crippen molar-refractivity contribution in [1.29, 1.82) is 0 Å². The molecule has 1 fully saturated rings. The van der Waals surface area contributed by atoms with Gasteiger partial charge < -0.3 is 10.1 Å². The number of hydrogen-bond donors (Lipinski definition) is 1. The van der Waals surface area contributed by atoms with Gasteiger partial charge in [-0.25, -0.2) is 0 Å². The second-order valence-corrected chi connectivity index (χ2v) is 3.61. The monoisotopic (exact) mass is 177 g/mol. The van der Waals surface area contributed by atoms with Crippen LogP contribution >= 0.6 is 11.6 Å². The van der Waals surface area contributed by atoms with Gasteiger partial charge in [-0.1, -0.05) is 0 Å². The topological polar surface area (TPSA) is 21.3 Å². The summed E-state index contributed by atoms with van der Waals surface area (Å²) in [7, 11) is 1.71. The lowest BCUT2D eigenvalue weighted by Gasteiger charge is -2.08. The second-order valence-electron chi connectivity index (χ2n) is 3.05. The van der Waals surface area contributed by atoms with E-state index in [0.717, 1.165) is 25.6 Å². The third kappa shape index (κ3) is 3.94. The Morgan fingerprint density at radius 2 is 2.36 bits per heavy atom. The number of alkyl halides is 1. The molecule has 0 spiro atoms. The number of nitrogens with one attached hydrogen (secondary N) is 1. The van der Waals surface area contributed by atoms with E-state index in [0.29, 0.717) is 5.38 Å². The SMILES string of the molecule is COCCNCC(Cl)C1CC1.